The fourth-order valence-corrected chi connectivity index (χ4v) is 4.38. The van der Waals surface area contributed by atoms with Crippen molar-refractivity contribution in [2.24, 2.45) is 0 Å². The number of halogens is 1. The van der Waals surface area contributed by atoms with Crippen molar-refractivity contribution in [3.8, 4) is 5.69 Å². The molecule has 2 aromatic carbocycles. The Hall–Kier alpha value is -2.84. The molecule has 0 bridgehead atoms. The van der Waals surface area contributed by atoms with Crippen molar-refractivity contribution in [1.82, 2.24) is 20.2 Å². The molecular formula is C24H25ClN4O3S. The molecule has 0 saturated heterocycles. The summed E-state index contributed by atoms with van der Waals surface area (Å²) in [5.74, 6) is -0.111. The lowest BCUT2D eigenvalue weighted by Crippen LogP contribution is -2.41. The highest BCUT2D eigenvalue weighted by atomic mass is 35.5. The van der Waals surface area contributed by atoms with Gasteiger partial charge in [-0.1, -0.05) is 49.3 Å². The quantitative estimate of drug-likeness (QED) is 0.376. The highest BCUT2D eigenvalue weighted by Gasteiger charge is 2.24. The number of thioether (sulfide) groups is 1. The van der Waals surface area contributed by atoms with Gasteiger partial charge in [-0.05, 0) is 61.1 Å². The Kier molecular flexibility index (Phi) is 7.05. The maximum atomic E-state index is 13.4. The van der Waals surface area contributed by atoms with Crippen LogP contribution in [0.4, 0.5) is 4.79 Å². The molecule has 2 N–H and O–H groups in total. The second kappa shape index (κ2) is 9.97. The molecule has 172 valence electrons. The first-order valence-corrected chi connectivity index (χ1v) is 12.3. The SMILES string of the molecule is CCC(C)c1ccc(-n2c(SCC(=O)NC(=O)NC3CC3)nc3ccc(Cl)cc3c2=O)cc1. The largest absolute Gasteiger partial charge is 0.335 e. The van der Waals surface area contributed by atoms with Crippen LogP contribution >= 0.6 is 23.4 Å². The molecular weight excluding hydrogens is 460 g/mol. The molecule has 0 spiro atoms. The minimum Gasteiger partial charge on any atom is -0.335 e. The number of aromatic nitrogens is 2. The van der Waals surface area contributed by atoms with Crippen LogP contribution in [-0.4, -0.2) is 33.3 Å². The molecule has 1 aliphatic carbocycles. The Morgan fingerprint density at radius 1 is 1.21 bits per heavy atom. The number of imide groups is 1. The van der Waals surface area contributed by atoms with E-state index in [1.165, 1.54) is 10.1 Å². The molecule has 1 heterocycles. The fraction of sp³-hybridized carbons (Fsp3) is 0.333. The van der Waals surface area contributed by atoms with Crippen LogP contribution in [-0.2, 0) is 4.79 Å². The van der Waals surface area contributed by atoms with Gasteiger partial charge in [0.15, 0.2) is 5.16 Å². The van der Waals surface area contributed by atoms with E-state index in [0.717, 1.165) is 31.0 Å². The molecule has 0 aliphatic heterocycles. The number of hydrogen-bond donors (Lipinski definition) is 2. The molecule has 3 amide bonds. The molecule has 1 saturated carbocycles. The summed E-state index contributed by atoms with van der Waals surface area (Å²) in [6, 6.07) is 12.4. The average Bonchev–Trinajstić information content (AvgIpc) is 3.61. The van der Waals surface area contributed by atoms with Gasteiger partial charge in [0.1, 0.15) is 0 Å². The Labute approximate surface area is 200 Å². The highest BCUT2D eigenvalue weighted by molar-refractivity contribution is 7.99. The van der Waals surface area contributed by atoms with Crippen LogP contribution in [0.5, 0.6) is 0 Å². The van der Waals surface area contributed by atoms with E-state index < -0.39 is 11.9 Å². The van der Waals surface area contributed by atoms with Crippen molar-refractivity contribution >= 4 is 46.2 Å². The first-order chi connectivity index (χ1) is 15.9. The molecule has 9 heteroatoms. The van der Waals surface area contributed by atoms with Crippen LogP contribution in [0.1, 0.15) is 44.6 Å². The van der Waals surface area contributed by atoms with Gasteiger partial charge in [0.25, 0.3) is 5.56 Å². The van der Waals surface area contributed by atoms with Gasteiger partial charge in [0.2, 0.25) is 5.91 Å². The number of amides is 3. The first kappa shape index (κ1) is 23.3. The Bertz CT molecular complexity index is 1260. The van der Waals surface area contributed by atoms with Crippen LogP contribution in [0.2, 0.25) is 5.02 Å². The summed E-state index contributed by atoms with van der Waals surface area (Å²) in [6.07, 6.45) is 2.88. The van der Waals surface area contributed by atoms with E-state index in [2.05, 4.69) is 29.5 Å². The number of hydrogen-bond acceptors (Lipinski definition) is 5. The van der Waals surface area contributed by atoms with Crippen molar-refractivity contribution in [1.29, 1.82) is 0 Å². The summed E-state index contributed by atoms with van der Waals surface area (Å²) in [4.78, 5) is 42.2. The second-order valence-corrected chi connectivity index (χ2v) is 9.56. The zero-order valence-electron chi connectivity index (χ0n) is 18.4. The molecule has 7 nitrogen and oxygen atoms in total. The average molecular weight is 485 g/mol. The van der Waals surface area contributed by atoms with Crippen LogP contribution in [0.15, 0.2) is 52.4 Å². The molecule has 0 radical (unpaired) electrons. The lowest BCUT2D eigenvalue weighted by Gasteiger charge is -2.15. The van der Waals surface area contributed by atoms with Crippen LogP contribution in [0.3, 0.4) is 0 Å². The maximum Gasteiger partial charge on any atom is 0.321 e. The van der Waals surface area contributed by atoms with Crippen molar-refractivity contribution in [3.05, 3.63) is 63.4 Å². The van der Waals surface area contributed by atoms with E-state index in [1.807, 2.05) is 24.3 Å². The number of nitrogens with zero attached hydrogens (tertiary/aromatic N) is 2. The third kappa shape index (κ3) is 5.57. The number of fused-ring (bicyclic) bond motifs is 1. The summed E-state index contributed by atoms with van der Waals surface area (Å²) in [5, 5.41) is 6.24. The number of benzene rings is 2. The maximum absolute atomic E-state index is 13.4. The van der Waals surface area contributed by atoms with E-state index >= 15 is 0 Å². The molecule has 1 atom stereocenters. The zero-order chi connectivity index (χ0) is 23.5. The molecule has 3 aromatic rings. The van der Waals surface area contributed by atoms with Crippen LogP contribution in [0.25, 0.3) is 16.6 Å². The van der Waals surface area contributed by atoms with E-state index in [4.69, 9.17) is 11.6 Å². The third-order valence-electron chi connectivity index (χ3n) is 5.63. The van der Waals surface area contributed by atoms with Gasteiger partial charge in [0.05, 0.1) is 22.3 Å². The number of carbonyl (C=O) groups excluding carboxylic acids is 2. The van der Waals surface area contributed by atoms with Gasteiger partial charge < -0.3 is 5.32 Å². The van der Waals surface area contributed by atoms with Crippen molar-refractivity contribution in [2.75, 3.05) is 5.75 Å². The van der Waals surface area contributed by atoms with E-state index in [9.17, 15) is 14.4 Å². The number of rotatable bonds is 7. The summed E-state index contributed by atoms with van der Waals surface area (Å²) in [6.45, 7) is 4.28. The summed E-state index contributed by atoms with van der Waals surface area (Å²) >= 11 is 7.22. The predicted octanol–water partition coefficient (Wildman–Crippen LogP) is 4.63. The predicted molar refractivity (Wildman–Crippen MR) is 131 cm³/mol. The summed E-state index contributed by atoms with van der Waals surface area (Å²) < 4.78 is 1.49. The molecule has 1 unspecified atom stereocenters. The highest BCUT2D eigenvalue weighted by Crippen LogP contribution is 2.25. The normalized spacial score (nSPS) is 14.2. The Balaban J connectivity index is 1.65. The van der Waals surface area contributed by atoms with Crippen molar-refractivity contribution in [3.63, 3.8) is 0 Å². The van der Waals surface area contributed by atoms with Gasteiger partial charge in [-0.2, -0.15) is 0 Å². The smallest absolute Gasteiger partial charge is 0.321 e. The van der Waals surface area contributed by atoms with Crippen molar-refractivity contribution < 1.29 is 9.59 Å². The third-order valence-corrected chi connectivity index (χ3v) is 6.80. The topological polar surface area (TPSA) is 93.1 Å². The summed E-state index contributed by atoms with van der Waals surface area (Å²) in [5.41, 5.74) is 2.05. The lowest BCUT2D eigenvalue weighted by atomic mass is 9.98. The van der Waals surface area contributed by atoms with E-state index in [1.54, 1.807) is 18.2 Å². The molecule has 4 rings (SSSR count). The molecule has 1 aliphatic rings. The minimum absolute atomic E-state index is 0.0609. The van der Waals surface area contributed by atoms with Gasteiger partial charge in [-0.15, -0.1) is 0 Å². The lowest BCUT2D eigenvalue weighted by molar-refractivity contribution is -0.117. The van der Waals surface area contributed by atoms with Crippen LogP contribution < -0.4 is 16.2 Å². The molecule has 1 fully saturated rings. The Morgan fingerprint density at radius 3 is 2.61 bits per heavy atom. The van der Waals surface area contributed by atoms with E-state index in [0.29, 0.717) is 32.7 Å². The Morgan fingerprint density at radius 2 is 1.94 bits per heavy atom. The second-order valence-electron chi connectivity index (χ2n) is 8.18. The van der Waals surface area contributed by atoms with Gasteiger partial charge in [-0.25, -0.2) is 9.78 Å². The number of carbonyl (C=O) groups is 2. The van der Waals surface area contributed by atoms with Crippen LogP contribution in [0, 0.1) is 0 Å². The van der Waals surface area contributed by atoms with Crippen molar-refractivity contribution in [2.45, 2.75) is 50.2 Å². The fourth-order valence-electron chi connectivity index (χ4n) is 3.39. The van der Waals surface area contributed by atoms with E-state index in [-0.39, 0.29) is 17.4 Å². The van der Waals surface area contributed by atoms with Gasteiger partial charge in [0, 0.05) is 11.1 Å². The molecule has 33 heavy (non-hydrogen) atoms. The number of urea groups is 1. The first-order valence-electron chi connectivity index (χ1n) is 10.9. The molecule has 1 aromatic heterocycles. The summed E-state index contributed by atoms with van der Waals surface area (Å²) in [7, 11) is 0. The standard InChI is InChI=1S/C24H25ClN4O3S/c1-3-14(2)15-4-9-18(10-5-15)29-22(31)19-12-16(25)6-11-20(19)27-24(29)33-13-21(30)28-23(32)26-17-7-8-17/h4-6,9-12,14,17H,3,7-8,13H2,1-2H3,(H2,26,28,30,32). The zero-order valence-corrected chi connectivity index (χ0v) is 20.0. The number of nitrogens with one attached hydrogen (secondary N) is 2. The van der Waals surface area contributed by atoms with Gasteiger partial charge >= 0.3 is 6.03 Å². The van der Waals surface area contributed by atoms with Gasteiger partial charge in [-0.3, -0.25) is 19.5 Å². The minimum atomic E-state index is -0.498. The monoisotopic (exact) mass is 484 g/mol.